The predicted molar refractivity (Wildman–Crippen MR) is 75.3 cm³/mol. The Balaban J connectivity index is 1.56. The topological polar surface area (TPSA) is 21.7 Å². The molecule has 0 spiro atoms. The molecule has 0 aromatic heterocycles. The van der Waals surface area contributed by atoms with Gasteiger partial charge in [-0.05, 0) is 37.0 Å². The Bertz CT molecular complexity index is 417. The summed E-state index contributed by atoms with van der Waals surface area (Å²) >= 11 is 0. The van der Waals surface area contributed by atoms with Crippen LogP contribution in [0.25, 0.3) is 0 Å². The zero-order chi connectivity index (χ0) is 13.8. The van der Waals surface area contributed by atoms with Crippen LogP contribution in [0, 0.1) is 5.82 Å². The lowest BCUT2D eigenvalue weighted by Gasteiger charge is -2.39. The van der Waals surface area contributed by atoms with E-state index in [-0.39, 0.29) is 11.9 Å². The molecule has 0 saturated carbocycles. The summed E-state index contributed by atoms with van der Waals surface area (Å²) in [7, 11) is 0. The van der Waals surface area contributed by atoms with Crippen molar-refractivity contribution in [3.63, 3.8) is 0 Å². The van der Waals surface area contributed by atoms with Crippen LogP contribution in [0.4, 0.5) is 4.39 Å². The van der Waals surface area contributed by atoms with Crippen LogP contribution in [0.2, 0.25) is 0 Å². The van der Waals surface area contributed by atoms with Crippen molar-refractivity contribution in [2.75, 3.05) is 32.9 Å². The molecule has 0 bridgehead atoms. The summed E-state index contributed by atoms with van der Waals surface area (Å²) in [6.07, 6.45) is 3.34. The fraction of sp³-hybridized carbons (Fsp3) is 0.625. The lowest BCUT2D eigenvalue weighted by atomic mass is 10.0. The van der Waals surface area contributed by atoms with E-state index < -0.39 is 0 Å². The van der Waals surface area contributed by atoms with Gasteiger partial charge in [-0.3, -0.25) is 4.90 Å². The monoisotopic (exact) mass is 279 g/mol. The fourth-order valence-electron chi connectivity index (χ4n) is 3.13. The van der Waals surface area contributed by atoms with Crippen molar-refractivity contribution in [2.45, 2.75) is 31.4 Å². The molecular formula is C16H22FNO2. The number of nitrogens with zero attached hydrogens (tertiary/aromatic N) is 1. The van der Waals surface area contributed by atoms with Crippen LogP contribution in [0.5, 0.6) is 0 Å². The molecule has 2 heterocycles. The normalized spacial score (nSPS) is 25.8. The Kier molecular flexibility index (Phi) is 4.65. The molecule has 1 unspecified atom stereocenters. The highest BCUT2D eigenvalue weighted by molar-refractivity contribution is 5.17. The van der Waals surface area contributed by atoms with Crippen LogP contribution in [0.3, 0.4) is 0 Å². The standard InChI is InChI=1S/C16H22FNO2/c17-14-3-1-13(2-4-14)11-16-12-18(7-10-20-16)15-5-8-19-9-6-15/h1-4,15-16H,5-12H2. The number of ether oxygens (including phenoxy) is 2. The van der Waals surface area contributed by atoms with Gasteiger partial charge < -0.3 is 9.47 Å². The second kappa shape index (κ2) is 6.66. The fourth-order valence-corrected chi connectivity index (χ4v) is 3.13. The van der Waals surface area contributed by atoms with E-state index in [4.69, 9.17) is 9.47 Å². The van der Waals surface area contributed by atoms with Gasteiger partial charge in [0.2, 0.25) is 0 Å². The van der Waals surface area contributed by atoms with Crippen LogP contribution in [0.15, 0.2) is 24.3 Å². The third-order valence-electron chi connectivity index (χ3n) is 4.25. The van der Waals surface area contributed by atoms with Gasteiger partial charge in [0.15, 0.2) is 0 Å². The third kappa shape index (κ3) is 3.57. The zero-order valence-corrected chi connectivity index (χ0v) is 11.8. The second-order valence-electron chi connectivity index (χ2n) is 5.66. The lowest BCUT2D eigenvalue weighted by Crippen LogP contribution is -2.49. The summed E-state index contributed by atoms with van der Waals surface area (Å²) < 4.78 is 24.2. The number of morpholine rings is 1. The van der Waals surface area contributed by atoms with E-state index in [1.165, 1.54) is 12.1 Å². The Hall–Kier alpha value is -0.970. The molecule has 1 atom stereocenters. The van der Waals surface area contributed by atoms with Gasteiger partial charge in [-0.25, -0.2) is 4.39 Å². The van der Waals surface area contributed by atoms with Gasteiger partial charge in [-0.2, -0.15) is 0 Å². The van der Waals surface area contributed by atoms with Gasteiger partial charge >= 0.3 is 0 Å². The molecule has 3 rings (SSSR count). The minimum Gasteiger partial charge on any atom is -0.381 e. The first kappa shape index (κ1) is 14.0. The van der Waals surface area contributed by atoms with E-state index in [0.717, 1.165) is 57.7 Å². The van der Waals surface area contributed by atoms with Gasteiger partial charge in [0, 0.05) is 32.3 Å². The Morgan fingerprint density at radius 2 is 1.85 bits per heavy atom. The SMILES string of the molecule is Fc1ccc(CC2CN(C3CCOCC3)CCO2)cc1. The molecule has 110 valence electrons. The van der Waals surface area contributed by atoms with Crippen molar-refractivity contribution < 1.29 is 13.9 Å². The Morgan fingerprint density at radius 1 is 1.10 bits per heavy atom. The maximum Gasteiger partial charge on any atom is 0.123 e. The molecule has 20 heavy (non-hydrogen) atoms. The summed E-state index contributed by atoms with van der Waals surface area (Å²) in [6.45, 7) is 4.55. The van der Waals surface area contributed by atoms with Crippen molar-refractivity contribution in [1.29, 1.82) is 0 Å². The molecule has 2 fully saturated rings. The van der Waals surface area contributed by atoms with E-state index in [1.807, 2.05) is 12.1 Å². The van der Waals surface area contributed by atoms with Crippen LogP contribution < -0.4 is 0 Å². The minimum atomic E-state index is -0.179. The van der Waals surface area contributed by atoms with Crippen LogP contribution in [0.1, 0.15) is 18.4 Å². The van der Waals surface area contributed by atoms with Crippen LogP contribution in [-0.2, 0) is 15.9 Å². The van der Waals surface area contributed by atoms with Crippen molar-refractivity contribution >= 4 is 0 Å². The van der Waals surface area contributed by atoms with Crippen LogP contribution in [-0.4, -0.2) is 50.0 Å². The van der Waals surface area contributed by atoms with E-state index in [1.54, 1.807) is 0 Å². The van der Waals surface area contributed by atoms with Gasteiger partial charge in [0.05, 0.1) is 12.7 Å². The first-order valence-electron chi connectivity index (χ1n) is 7.49. The quantitative estimate of drug-likeness (QED) is 0.847. The first-order valence-corrected chi connectivity index (χ1v) is 7.49. The summed E-state index contributed by atoms with van der Waals surface area (Å²) in [6, 6.07) is 7.39. The third-order valence-corrected chi connectivity index (χ3v) is 4.25. The highest BCUT2D eigenvalue weighted by Crippen LogP contribution is 2.19. The Morgan fingerprint density at radius 3 is 2.60 bits per heavy atom. The van der Waals surface area contributed by atoms with E-state index in [2.05, 4.69) is 4.90 Å². The highest BCUT2D eigenvalue weighted by atomic mass is 19.1. The summed E-state index contributed by atoms with van der Waals surface area (Å²) in [4.78, 5) is 2.54. The molecule has 1 aromatic carbocycles. The molecule has 2 aliphatic heterocycles. The van der Waals surface area contributed by atoms with Crippen molar-refractivity contribution in [1.82, 2.24) is 4.90 Å². The molecule has 2 aliphatic rings. The summed E-state index contributed by atoms with van der Waals surface area (Å²) in [5, 5.41) is 0. The van der Waals surface area contributed by atoms with Crippen LogP contribution >= 0.6 is 0 Å². The minimum absolute atomic E-state index is 0.179. The number of hydrogen-bond donors (Lipinski definition) is 0. The predicted octanol–water partition coefficient (Wildman–Crippen LogP) is 2.25. The molecule has 0 aliphatic carbocycles. The molecule has 0 radical (unpaired) electrons. The molecule has 2 saturated heterocycles. The van der Waals surface area contributed by atoms with E-state index >= 15 is 0 Å². The smallest absolute Gasteiger partial charge is 0.123 e. The summed E-state index contributed by atoms with van der Waals surface area (Å²) in [5.41, 5.74) is 1.14. The van der Waals surface area contributed by atoms with Crippen molar-refractivity contribution in [2.24, 2.45) is 0 Å². The lowest BCUT2D eigenvalue weighted by molar-refractivity contribution is -0.0610. The maximum absolute atomic E-state index is 12.9. The molecule has 0 amide bonds. The molecule has 4 heteroatoms. The second-order valence-corrected chi connectivity index (χ2v) is 5.66. The number of benzene rings is 1. The largest absolute Gasteiger partial charge is 0.381 e. The average Bonchev–Trinajstić information content (AvgIpc) is 2.51. The number of halogens is 1. The zero-order valence-electron chi connectivity index (χ0n) is 11.8. The van der Waals surface area contributed by atoms with E-state index in [9.17, 15) is 4.39 Å². The van der Waals surface area contributed by atoms with Crippen molar-refractivity contribution in [3.05, 3.63) is 35.6 Å². The van der Waals surface area contributed by atoms with Gasteiger partial charge in [-0.1, -0.05) is 12.1 Å². The molecule has 1 aromatic rings. The van der Waals surface area contributed by atoms with Gasteiger partial charge in [-0.15, -0.1) is 0 Å². The number of rotatable bonds is 3. The first-order chi connectivity index (χ1) is 9.81. The van der Waals surface area contributed by atoms with E-state index in [0.29, 0.717) is 6.04 Å². The average molecular weight is 279 g/mol. The summed E-state index contributed by atoms with van der Waals surface area (Å²) in [5.74, 6) is -0.179. The Labute approximate surface area is 119 Å². The van der Waals surface area contributed by atoms with Gasteiger partial charge in [0.25, 0.3) is 0 Å². The molecular weight excluding hydrogens is 257 g/mol. The maximum atomic E-state index is 12.9. The molecule has 0 N–H and O–H groups in total. The van der Waals surface area contributed by atoms with Crippen molar-refractivity contribution in [3.8, 4) is 0 Å². The molecule has 3 nitrogen and oxygen atoms in total. The van der Waals surface area contributed by atoms with Gasteiger partial charge in [0.1, 0.15) is 5.82 Å². The highest BCUT2D eigenvalue weighted by Gasteiger charge is 2.27. The number of hydrogen-bond acceptors (Lipinski definition) is 3.